The molecule has 0 heterocycles. The second-order valence-electron chi connectivity index (χ2n) is 7.25. The van der Waals surface area contributed by atoms with Gasteiger partial charge < -0.3 is 11.5 Å². The summed E-state index contributed by atoms with van der Waals surface area (Å²) in [4.78, 5) is 0. The van der Waals surface area contributed by atoms with Gasteiger partial charge in [-0.3, -0.25) is 0 Å². The van der Waals surface area contributed by atoms with E-state index in [0.717, 1.165) is 18.3 Å². The second kappa shape index (κ2) is 2.60. The maximum Gasteiger partial charge on any atom is 0.0179 e. The van der Waals surface area contributed by atoms with Gasteiger partial charge in [0.25, 0.3) is 0 Å². The maximum absolute atomic E-state index is 6.55. The van der Waals surface area contributed by atoms with E-state index in [9.17, 15) is 0 Å². The average molecular weight is 208 g/mol. The minimum atomic E-state index is 0.0818. The monoisotopic (exact) mass is 208 g/mol. The van der Waals surface area contributed by atoms with Gasteiger partial charge in [0.15, 0.2) is 0 Å². The Kier molecular flexibility index (Phi) is 1.75. The summed E-state index contributed by atoms with van der Waals surface area (Å²) in [6, 6.07) is 0. The first-order chi connectivity index (χ1) is 6.85. The molecule has 0 aromatic rings. The first kappa shape index (κ1) is 10.1. The molecule has 0 aliphatic heterocycles. The summed E-state index contributed by atoms with van der Waals surface area (Å²) >= 11 is 0. The molecule has 0 aromatic carbocycles. The average Bonchev–Trinajstić information content (AvgIpc) is 1.95. The number of nitrogens with two attached hydrogens (primary N) is 2. The SMILES string of the molecule is CC(C)C12CC3CC(N)(CC(N)(C3)C1)C2. The third-order valence-electron chi connectivity index (χ3n) is 5.42. The van der Waals surface area contributed by atoms with Crippen molar-refractivity contribution in [2.45, 2.75) is 63.5 Å². The molecular formula is C13H24N2. The smallest absolute Gasteiger partial charge is 0.0179 e. The summed E-state index contributed by atoms with van der Waals surface area (Å²) in [5.74, 6) is 1.56. The van der Waals surface area contributed by atoms with E-state index in [0.29, 0.717) is 5.41 Å². The zero-order valence-corrected chi connectivity index (χ0v) is 10.1. The van der Waals surface area contributed by atoms with Crippen LogP contribution in [-0.4, -0.2) is 11.1 Å². The zero-order valence-electron chi connectivity index (χ0n) is 10.1. The van der Waals surface area contributed by atoms with Crippen LogP contribution in [0, 0.1) is 17.3 Å². The van der Waals surface area contributed by atoms with Crippen molar-refractivity contribution in [1.29, 1.82) is 0 Å². The van der Waals surface area contributed by atoms with Gasteiger partial charge in [-0.15, -0.1) is 0 Å². The van der Waals surface area contributed by atoms with Gasteiger partial charge >= 0.3 is 0 Å². The zero-order chi connectivity index (χ0) is 10.9. The van der Waals surface area contributed by atoms with Crippen molar-refractivity contribution < 1.29 is 0 Å². The van der Waals surface area contributed by atoms with Crippen LogP contribution < -0.4 is 11.5 Å². The fourth-order valence-corrected chi connectivity index (χ4v) is 5.31. The van der Waals surface area contributed by atoms with Gasteiger partial charge in [0.1, 0.15) is 0 Å². The lowest BCUT2D eigenvalue weighted by molar-refractivity contribution is -0.103. The molecule has 4 aliphatic carbocycles. The molecule has 2 atom stereocenters. The van der Waals surface area contributed by atoms with Crippen LogP contribution in [0.2, 0.25) is 0 Å². The van der Waals surface area contributed by atoms with Crippen molar-refractivity contribution in [3.05, 3.63) is 0 Å². The van der Waals surface area contributed by atoms with Gasteiger partial charge in [-0.1, -0.05) is 13.8 Å². The Hall–Kier alpha value is -0.0800. The first-order valence-electron chi connectivity index (χ1n) is 6.43. The molecule has 2 heteroatoms. The highest BCUT2D eigenvalue weighted by atomic mass is 14.9. The Balaban J connectivity index is 2.02. The molecule has 2 unspecified atom stereocenters. The summed E-state index contributed by atoms with van der Waals surface area (Å²) in [6.07, 6.45) is 7.40. The highest BCUT2D eigenvalue weighted by molar-refractivity contribution is 5.18. The lowest BCUT2D eigenvalue weighted by atomic mass is 9.42. The van der Waals surface area contributed by atoms with Crippen molar-refractivity contribution >= 4 is 0 Å². The lowest BCUT2D eigenvalue weighted by Crippen LogP contribution is -2.70. The van der Waals surface area contributed by atoms with Gasteiger partial charge in [-0.25, -0.2) is 0 Å². The molecule has 4 bridgehead atoms. The quantitative estimate of drug-likeness (QED) is 0.692. The predicted octanol–water partition coefficient (Wildman–Crippen LogP) is 2.02. The minimum Gasteiger partial charge on any atom is -0.325 e. The molecule has 0 aromatic heterocycles. The van der Waals surface area contributed by atoms with Crippen LogP contribution in [0.5, 0.6) is 0 Å². The van der Waals surface area contributed by atoms with E-state index in [2.05, 4.69) is 13.8 Å². The van der Waals surface area contributed by atoms with E-state index in [1.165, 1.54) is 32.1 Å². The normalized spacial score (nSPS) is 57.8. The van der Waals surface area contributed by atoms with E-state index < -0.39 is 0 Å². The Morgan fingerprint density at radius 2 is 1.47 bits per heavy atom. The molecule has 4 aliphatic rings. The van der Waals surface area contributed by atoms with Crippen molar-refractivity contribution in [3.8, 4) is 0 Å². The Bertz CT molecular complexity index is 279. The minimum absolute atomic E-state index is 0.0818. The largest absolute Gasteiger partial charge is 0.325 e. The van der Waals surface area contributed by atoms with Crippen LogP contribution in [0.15, 0.2) is 0 Å². The second-order valence-corrected chi connectivity index (χ2v) is 7.25. The van der Waals surface area contributed by atoms with Crippen LogP contribution in [0.25, 0.3) is 0 Å². The van der Waals surface area contributed by atoms with E-state index in [-0.39, 0.29) is 11.1 Å². The number of hydrogen-bond donors (Lipinski definition) is 2. The van der Waals surface area contributed by atoms with Crippen LogP contribution in [-0.2, 0) is 0 Å². The number of rotatable bonds is 1. The van der Waals surface area contributed by atoms with E-state index in [1.54, 1.807) is 0 Å². The molecule has 4 rings (SSSR count). The molecule has 15 heavy (non-hydrogen) atoms. The molecule has 0 saturated heterocycles. The summed E-state index contributed by atoms with van der Waals surface area (Å²) in [7, 11) is 0. The Morgan fingerprint density at radius 1 is 0.933 bits per heavy atom. The van der Waals surface area contributed by atoms with E-state index in [1.807, 2.05) is 0 Å². The molecule has 0 amide bonds. The van der Waals surface area contributed by atoms with Crippen LogP contribution in [0.1, 0.15) is 52.4 Å². The summed E-state index contributed by atoms with van der Waals surface area (Å²) in [6.45, 7) is 4.72. The molecule has 4 N–H and O–H groups in total. The molecule has 86 valence electrons. The van der Waals surface area contributed by atoms with Gasteiger partial charge in [0.2, 0.25) is 0 Å². The fraction of sp³-hybridized carbons (Fsp3) is 1.00. The topological polar surface area (TPSA) is 52.0 Å². The standard InChI is InChI=1S/C13H24N2/c1-9(2)11-3-10-4-12(14,6-11)8-13(15,5-10)7-11/h9-10H,3-8,14-15H2,1-2H3. The van der Waals surface area contributed by atoms with Gasteiger partial charge in [0, 0.05) is 11.1 Å². The summed E-state index contributed by atoms with van der Waals surface area (Å²) < 4.78 is 0. The lowest BCUT2D eigenvalue weighted by Gasteiger charge is -2.66. The Labute approximate surface area is 92.8 Å². The van der Waals surface area contributed by atoms with Crippen molar-refractivity contribution in [1.82, 2.24) is 0 Å². The third-order valence-corrected chi connectivity index (χ3v) is 5.42. The summed E-state index contributed by atoms with van der Waals surface area (Å²) in [5, 5.41) is 0. The van der Waals surface area contributed by atoms with Gasteiger partial charge in [-0.2, -0.15) is 0 Å². The van der Waals surface area contributed by atoms with Crippen LogP contribution >= 0.6 is 0 Å². The molecule has 0 spiro atoms. The van der Waals surface area contributed by atoms with Crippen molar-refractivity contribution in [2.24, 2.45) is 28.7 Å². The maximum atomic E-state index is 6.55. The molecule has 0 radical (unpaired) electrons. The van der Waals surface area contributed by atoms with E-state index in [4.69, 9.17) is 11.5 Å². The summed E-state index contributed by atoms with van der Waals surface area (Å²) in [5.41, 5.74) is 13.7. The van der Waals surface area contributed by atoms with E-state index >= 15 is 0 Å². The number of hydrogen-bond acceptors (Lipinski definition) is 2. The molecule has 2 nitrogen and oxygen atoms in total. The van der Waals surface area contributed by atoms with Crippen LogP contribution in [0.3, 0.4) is 0 Å². The fourth-order valence-electron chi connectivity index (χ4n) is 5.31. The molecule has 4 saturated carbocycles. The third kappa shape index (κ3) is 1.31. The predicted molar refractivity (Wildman–Crippen MR) is 62.3 cm³/mol. The first-order valence-corrected chi connectivity index (χ1v) is 6.43. The highest BCUT2D eigenvalue weighted by Gasteiger charge is 2.61. The molecular weight excluding hydrogens is 184 g/mol. The Morgan fingerprint density at radius 3 is 1.87 bits per heavy atom. The van der Waals surface area contributed by atoms with Gasteiger partial charge in [0.05, 0.1) is 0 Å². The van der Waals surface area contributed by atoms with Crippen molar-refractivity contribution in [3.63, 3.8) is 0 Å². The van der Waals surface area contributed by atoms with Crippen LogP contribution in [0.4, 0.5) is 0 Å². The molecule has 4 fully saturated rings. The van der Waals surface area contributed by atoms with Gasteiger partial charge in [-0.05, 0) is 55.8 Å². The van der Waals surface area contributed by atoms with Crippen molar-refractivity contribution in [2.75, 3.05) is 0 Å². The highest BCUT2D eigenvalue weighted by Crippen LogP contribution is 2.63.